The zero-order valence-electron chi connectivity index (χ0n) is 12.3. The number of methoxy groups -OCH3 is 1. The molecule has 1 aromatic heterocycles. The molecule has 0 atom stereocenters. The number of hydrogen-bond donors (Lipinski definition) is 1. The summed E-state index contributed by atoms with van der Waals surface area (Å²) in [4.78, 5) is 15.8. The molecule has 0 aliphatic carbocycles. The van der Waals surface area contributed by atoms with Crippen molar-refractivity contribution in [2.75, 3.05) is 19.0 Å². The Labute approximate surface area is 127 Å². The summed E-state index contributed by atoms with van der Waals surface area (Å²) in [5.41, 5.74) is 2.70. The summed E-state index contributed by atoms with van der Waals surface area (Å²) in [5, 5.41) is 5.83. The lowest BCUT2D eigenvalue weighted by molar-refractivity contribution is -0.142. The second kappa shape index (κ2) is 7.08. The lowest BCUT2D eigenvalue weighted by Crippen LogP contribution is -2.07. The van der Waals surface area contributed by atoms with Crippen LogP contribution in [0, 0.1) is 6.92 Å². The number of esters is 1. The van der Waals surface area contributed by atoms with Crippen LogP contribution in [0.15, 0.2) is 23.6 Å². The minimum Gasteiger partial charge on any atom is -0.496 e. The molecule has 5 nitrogen and oxygen atoms in total. The van der Waals surface area contributed by atoms with Crippen LogP contribution < -0.4 is 10.1 Å². The highest BCUT2D eigenvalue weighted by molar-refractivity contribution is 7.13. The molecule has 2 aromatic rings. The van der Waals surface area contributed by atoms with Crippen molar-refractivity contribution in [1.29, 1.82) is 0 Å². The van der Waals surface area contributed by atoms with Crippen molar-refractivity contribution < 1.29 is 14.3 Å². The standard InChI is InChI=1S/C15H18N2O3S/c1-4-20-14(18)8-12-9-21-15(17-12)16-11-5-6-13(19-3)10(2)7-11/h5-7,9H,4,8H2,1-3H3,(H,16,17). The average molecular weight is 306 g/mol. The number of benzene rings is 1. The third-order valence-corrected chi connectivity index (χ3v) is 3.64. The van der Waals surface area contributed by atoms with Crippen molar-refractivity contribution in [2.45, 2.75) is 20.3 Å². The number of aromatic nitrogens is 1. The van der Waals surface area contributed by atoms with Crippen LogP contribution in [-0.2, 0) is 16.0 Å². The quantitative estimate of drug-likeness (QED) is 0.830. The van der Waals surface area contributed by atoms with Crippen molar-refractivity contribution in [3.05, 3.63) is 34.8 Å². The molecule has 1 aromatic carbocycles. The Kier molecular flexibility index (Phi) is 5.16. The van der Waals surface area contributed by atoms with E-state index in [1.807, 2.05) is 30.5 Å². The summed E-state index contributed by atoms with van der Waals surface area (Å²) in [7, 11) is 1.65. The molecular weight excluding hydrogens is 288 g/mol. The SMILES string of the molecule is CCOC(=O)Cc1csc(Nc2ccc(OC)c(C)c2)n1. The Hall–Kier alpha value is -2.08. The van der Waals surface area contributed by atoms with Crippen LogP contribution >= 0.6 is 11.3 Å². The minimum absolute atomic E-state index is 0.202. The number of rotatable bonds is 6. The van der Waals surface area contributed by atoms with Gasteiger partial charge in [0.25, 0.3) is 0 Å². The molecule has 0 aliphatic heterocycles. The van der Waals surface area contributed by atoms with Gasteiger partial charge < -0.3 is 14.8 Å². The number of nitrogens with zero attached hydrogens (tertiary/aromatic N) is 1. The van der Waals surface area contributed by atoms with E-state index in [0.717, 1.165) is 22.1 Å². The maximum Gasteiger partial charge on any atom is 0.311 e. The van der Waals surface area contributed by atoms with Gasteiger partial charge in [-0.05, 0) is 37.6 Å². The molecule has 1 heterocycles. The second-order valence-corrected chi connectivity index (χ2v) is 5.29. The van der Waals surface area contributed by atoms with Crippen molar-refractivity contribution in [2.24, 2.45) is 0 Å². The Morgan fingerprint density at radius 1 is 1.43 bits per heavy atom. The molecule has 0 bridgehead atoms. The van der Waals surface area contributed by atoms with E-state index in [1.165, 1.54) is 11.3 Å². The van der Waals surface area contributed by atoms with E-state index >= 15 is 0 Å². The normalized spacial score (nSPS) is 10.2. The van der Waals surface area contributed by atoms with E-state index in [-0.39, 0.29) is 12.4 Å². The molecule has 0 fully saturated rings. The van der Waals surface area contributed by atoms with E-state index in [0.29, 0.717) is 12.3 Å². The van der Waals surface area contributed by atoms with Crippen LogP contribution in [0.5, 0.6) is 5.75 Å². The minimum atomic E-state index is -0.255. The first-order chi connectivity index (χ1) is 10.1. The molecule has 21 heavy (non-hydrogen) atoms. The predicted molar refractivity (Wildman–Crippen MR) is 83.5 cm³/mol. The van der Waals surface area contributed by atoms with Gasteiger partial charge in [-0.2, -0.15) is 0 Å². The maximum atomic E-state index is 11.4. The summed E-state index contributed by atoms with van der Waals surface area (Å²) in [5.74, 6) is 0.595. The Bertz CT molecular complexity index is 625. The number of anilines is 2. The van der Waals surface area contributed by atoms with Crippen molar-refractivity contribution in [1.82, 2.24) is 4.98 Å². The van der Waals surface area contributed by atoms with E-state index in [9.17, 15) is 4.79 Å². The van der Waals surface area contributed by atoms with Gasteiger partial charge in [-0.25, -0.2) is 4.98 Å². The van der Waals surface area contributed by atoms with Crippen LogP contribution in [0.1, 0.15) is 18.2 Å². The van der Waals surface area contributed by atoms with Crippen molar-refractivity contribution in [3.8, 4) is 5.75 Å². The number of ether oxygens (including phenoxy) is 2. The van der Waals surface area contributed by atoms with Gasteiger partial charge in [-0.3, -0.25) is 4.79 Å². The maximum absolute atomic E-state index is 11.4. The van der Waals surface area contributed by atoms with Gasteiger partial charge in [0.15, 0.2) is 5.13 Å². The second-order valence-electron chi connectivity index (χ2n) is 4.44. The van der Waals surface area contributed by atoms with Crippen molar-refractivity contribution in [3.63, 3.8) is 0 Å². The first-order valence-electron chi connectivity index (χ1n) is 6.64. The fourth-order valence-corrected chi connectivity index (χ4v) is 2.62. The van der Waals surface area contributed by atoms with Crippen molar-refractivity contribution >= 4 is 28.1 Å². The highest BCUT2D eigenvalue weighted by Crippen LogP contribution is 2.25. The lowest BCUT2D eigenvalue weighted by atomic mass is 10.2. The summed E-state index contributed by atoms with van der Waals surface area (Å²) >= 11 is 1.46. The number of thiazole rings is 1. The average Bonchev–Trinajstić information content (AvgIpc) is 2.86. The highest BCUT2D eigenvalue weighted by atomic mass is 32.1. The number of carbonyl (C=O) groups is 1. The van der Waals surface area contributed by atoms with Crippen LogP contribution in [0.2, 0.25) is 0 Å². The molecule has 0 unspecified atom stereocenters. The van der Waals surface area contributed by atoms with E-state index in [4.69, 9.17) is 9.47 Å². The fourth-order valence-electron chi connectivity index (χ4n) is 1.89. The Morgan fingerprint density at radius 3 is 2.90 bits per heavy atom. The smallest absolute Gasteiger partial charge is 0.311 e. The summed E-state index contributed by atoms with van der Waals surface area (Å²) in [6.07, 6.45) is 0.202. The molecule has 2 rings (SSSR count). The highest BCUT2D eigenvalue weighted by Gasteiger charge is 2.09. The Balaban J connectivity index is 2.02. The van der Waals surface area contributed by atoms with Gasteiger partial charge >= 0.3 is 5.97 Å². The lowest BCUT2D eigenvalue weighted by Gasteiger charge is -2.07. The number of nitrogens with one attached hydrogen (secondary N) is 1. The molecule has 1 N–H and O–H groups in total. The third kappa shape index (κ3) is 4.19. The first-order valence-corrected chi connectivity index (χ1v) is 7.52. The summed E-state index contributed by atoms with van der Waals surface area (Å²) < 4.78 is 10.1. The topological polar surface area (TPSA) is 60.5 Å². The van der Waals surface area contributed by atoms with Gasteiger partial charge in [-0.15, -0.1) is 11.3 Å². The molecule has 0 spiro atoms. The predicted octanol–water partition coefficient (Wildman–Crippen LogP) is 3.31. The molecular formula is C15H18N2O3S. The monoisotopic (exact) mass is 306 g/mol. The van der Waals surface area contributed by atoms with E-state index < -0.39 is 0 Å². The van der Waals surface area contributed by atoms with Crippen LogP contribution in [0.25, 0.3) is 0 Å². The van der Waals surface area contributed by atoms with E-state index in [1.54, 1.807) is 14.0 Å². The molecule has 0 amide bonds. The molecule has 6 heteroatoms. The van der Waals surface area contributed by atoms with Crippen LogP contribution in [-0.4, -0.2) is 24.7 Å². The molecule has 0 saturated heterocycles. The number of aryl methyl sites for hydroxylation is 1. The first kappa shape index (κ1) is 15.3. The van der Waals surface area contributed by atoms with Gasteiger partial charge in [0.05, 0.1) is 25.8 Å². The summed E-state index contributed by atoms with van der Waals surface area (Å²) in [6, 6.07) is 5.83. The zero-order valence-corrected chi connectivity index (χ0v) is 13.1. The number of hydrogen-bond acceptors (Lipinski definition) is 6. The van der Waals surface area contributed by atoms with Gasteiger partial charge in [0.1, 0.15) is 5.75 Å². The van der Waals surface area contributed by atoms with Crippen LogP contribution in [0.4, 0.5) is 10.8 Å². The molecule has 0 saturated carbocycles. The van der Waals surface area contributed by atoms with E-state index in [2.05, 4.69) is 10.3 Å². The van der Waals surface area contributed by atoms with Gasteiger partial charge in [0.2, 0.25) is 0 Å². The fraction of sp³-hybridized carbons (Fsp3) is 0.333. The van der Waals surface area contributed by atoms with Gasteiger partial charge in [-0.1, -0.05) is 0 Å². The third-order valence-electron chi connectivity index (χ3n) is 2.83. The van der Waals surface area contributed by atoms with Gasteiger partial charge in [0, 0.05) is 11.1 Å². The van der Waals surface area contributed by atoms with Crippen LogP contribution in [0.3, 0.4) is 0 Å². The molecule has 0 aliphatic rings. The zero-order chi connectivity index (χ0) is 15.2. The summed E-state index contributed by atoms with van der Waals surface area (Å²) in [6.45, 7) is 4.16. The number of carbonyl (C=O) groups excluding carboxylic acids is 1. The molecule has 0 radical (unpaired) electrons. The molecule has 112 valence electrons. The largest absolute Gasteiger partial charge is 0.496 e. The Morgan fingerprint density at radius 2 is 2.24 bits per heavy atom.